The van der Waals surface area contributed by atoms with Crippen molar-refractivity contribution in [3.8, 4) is 0 Å². The number of carbonyl (C=O) groups excluding carboxylic acids is 2. The summed E-state index contributed by atoms with van der Waals surface area (Å²) in [6.07, 6.45) is 0. The minimum atomic E-state index is 0.0746. The van der Waals surface area contributed by atoms with Gasteiger partial charge in [-0.3, -0.25) is 9.59 Å². The van der Waals surface area contributed by atoms with Gasteiger partial charge in [0.2, 0.25) is 11.8 Å². The zero-order chi connectivity index (χ0) is 16.8. The molecule has 2 amide bonds. The van der Waals surface area contributed by atoms with Gasteiger partial charge < -0.3 is 9.80 Å². The second-order valence-electron chi connectivity index (χ2n) is 4.75. The first-order valence-electron chi connectivity index (χ1n) is 7.06. The number of piperazine rings is 1. The quantitative estimate of drug-likeness (QED) is 0.660. The lowest BCUT2D eigenvalue weighted by Gasteiger charge is -2.34. The van der Waals surface area contributed by atoms with E-state index in [-0.39, 0.29) is 11.8 Å². The first kappa shape index (κ1) is 17.6. The summed E-state index contributed by atoms with van der Waals surface area (Å²) >= 11 is 5.65. The largest absolute Gasteiger partial charge is 0.338 e. The van der Waals surface area contributed by atoms with Crippen molar-refractivity contribution in [1.29, 1.82) is 0 Å². The van der Waals surface area contributed by atoms with Crippen LogP contribution in [-0.4, -0.2) is 79.7 Å². The molecule has 0 aromatic carbocycles. The maximum Gasteiger partial charge on any atom is 0.233 e. The lowest BCUT2D eigenvalue weighted by Crippen LogP contribution is -2.51. The predicted molar refractivity (Wildman–Crippen MR) is 94.4 cm³/mol. The Kier molecular flexibility index (Phi) is 6.40. The van der Waals surface area contributed by atoms with E-state index in [4.69, 9.17) is 0 Å². The lowest BCUT2D eigenvalue weighted by molar-refractivity contribution is -0.136. The predicted octanol–water partition coefficient (Wildman–Crippen LogP) is 0.945. The van der Waals surface area contributed by atoms with E-state index < -0.39 is 0 Å². The SMILES string of the molecule is O=C(CSc1nncs1)N1CCN(C(=O)CSc2nncs2)CC1. The molecule has 2 aromatic rings. The van der Waals surface area contributed by atoms with E-state index >= 15 is 0 Å². The van der Waals surface area contributed by atoms with E-state index in [0.29, 0.717) is 37.7 Å². The van der Waals surface area contributed by atoms with Gasteiger partial charge in [0.1, 0.15) is 11.0 Å². The van der Waals surface area contributed by atoms with Crippen LogP contribution in [0.4, 0.5) is 0 Å². The molecule has 0 bridgehead atoms. The molecule has 0 unspecified atom stereocenters. The van der Waals surface area contributed by atoms with Gasteiger partial charge in [0.05, 0.1) is 11.5 Å². The van der Waals surface area contributed by atoms with Crippen LogP contribution in [0.1, 0.15) is 0 Å². The number of rotatable bonds is 6. The Bertz CT molecular complexity index is 599. The van der Waals surface area contributed by atoms with E-state index in [1.807, 2.05) is 0 Å². The van der Waals surface area contributed by atoms with Crippen molar-refractivity contribution in [1.82, 2.24) is 30.2 Å². The van der Waals surface area contributed by atoms with Crippen LogP contribution in [0.25, 0.3) is 0 Å². The van der Waals surface area contributed by atoms with Crippen LogP contribution < -0.4 is 0 Å². The molecule has 0 aliphatic carbocycles. The Morgan fingerprint density at radius 1 is 0.875 bits per heavy atom. The molecule has 0 saturated carbocycles. The summed E-state index contributed by atoms with van der Waals surface area (Å²) in [5, 5.41) is 15.3. The van der Waals surface area contributed by atoms with Gasteiger partial charge in [0.15, 0.2) is 8.68 Å². The number of nitrogens with zero attached hydrogens (tertiary/aromatic N) is 6. The normalized spacial score (nSPS) is 14.8. The monoisotopic (exact) mass is 402 g/mol. The summed E-state index contributed by atoms with van der Waals surface area (Å²) in [7, 11) is 0. The summed E-state index contributed by atoms with van der Waals surface area (Å²) in [4.78, 5) is 28.0. The minimum Gasteiger partial charge on any atom is -0.338 e. The van der Waals surface area contributed by atoms with Gasteiger partial charge in [0, 0.05) is 26.2 Å². The summed E-state index contributed by atoms with van der Waals surface area (Å²) in [6.45, 7) is 2.30. The average Bonchev–Trinajstić information content (AvgIpc) is 3.31. The molecular formula is C12H14N6O2S4. The number of thioether (sulfide) groups is 2. The fourth-order valence-electron chi connectivity index (χ4n) is 2.09. The molecule has 128 valence electrons. The molecule has 2 aromatic heterocycles. The second kappa shape index (κ2) is 8.74. The highest BCUT2D eigenvalue weighted by Crippen LogP contribution is 2.21. The summed E-state index contributed by atoms with van der Waals surface area (Å²) in [5.41, 5.74) is 3.30. The molecule has 8 nitrogen and oxygen atoms in total. The number of hydrogen-bond acceptors (Lipinski definition) is 10. The molecule has 12 heteroatoms. The number of hydrogen-bond donors (Lipinski definition) is 0. The molecule has 24 heavy (non-hydrogen) atoms. The molecule has 1 aliphatic rings. The number of amides is 2. The smallest absolute Gasteiger partial charge is 0.233 e. The fraction of sp³-hybridized carbons (Fsp3) is 0.500. The van der Waals surface area contributed by atoms with Gasteiger partial charge in [-0.05, 0) is 0 Å². The van der Waals surface area contributed by atoms with Gasteiger partial charge in [-0.2, -0.15) is 0 Å². The molecule has 0 radical (unpaired) electrons. The van der Waals surface area contributed by atoms with Gasteiger partial charge in [-0.25, -0.2) is 0 Å². The highest BCUT2D eigenvalue weighted by Gasteiger charge is 2.24. The van der Waals surface area contributed by atoms with E-state index in [9.17, 15) is 9.59 Å². The highest BCUT2D eigenvalue weighted by molar-refractivity contribution is 8.01. The van der Waals surface area contributed by atoms with Crippen LogP contribution in [0.3, 0.4) is 0 Å². The third kappa shape index (κ3) is 4.88. The van der Waals surface area contributed by atoms with Crippen LogP contribution in [0.2, 0.25) is 0 Å². The molecule has 1 aliphatic heterocycles. The van der Waals surface area contributed by atoms with Crippen molar-refractivity contribution in [3.05, 3.63) is 11.0 Å². The minimum absolute atomic E-state index is 0.0746. The topological polar surface area (TPSA) is 92.2 Å². The van der Waals surface area contributed by atoms with Crippen molar-refractivity contribution >= 4 is 58.0 Å². The van der Waals surface area contributed by atoms with E-state index in [1.165, 1.54) is 46.2 Å². The third-order valence-corrected chi connectivity index (χ3v) is 6.99. The van der Waals surface area contributed by atoms with Gasteiger partial charge in [-0.1, -0.05) is 46.2 Å². The molecule has 0 N–H and O–H groups in total. The number of carbonyl (C=O) groups is 2. The Hall–Kier alpha value is -1.24. The standard InChI is InChI=1S/C12H14N6O2S4/c19-9(5-21-11-15-13-7-23-11)17-1-2-18(4-3-17)10(20)6-22-12-16-14-8-24-12/h7-8H,1-6H2. The van der Waals surface area contributed by atoms with Gasteiger partial charge in [0.25, 0.3) is 0 Å². The van der Waals surface area contributed by atoms with Crippen LogP contribution in [0.5, 0.6) is 0 Å². The average molecular weight is 403 g/mol. The zero-order valence-corrected chi connectivity index (χ0v) is 15.8. The van der Waals surface area contributed by atoms with Gasteiger partial charge >= 0.3 is 0 Å². The summed E-state index contributed by atoms with van der Waals surface area (Å²) in [6, 6.07) is 0. The first-order valence-corrected chi connectivity index (χ1v) is 10.8. The molecule has 1 saturated heterocycles. The Labute approximate surface area is 155 Å². The van der Waals surface area contributed by atoms with Crippen molar-refractivity contribution in [2.24, 2.45) is 0 Å². The van der Waals surface area contributed by atoms with E-state index in [2.05, 4.69) is 20.4 Å². The molecular weight excluding hydrogens is 388 g/mol. The number of aromatic nitrogens is 4. The van der Waals surface area contributed by atoms with Gasteiger partial charge in [-0.15, -0.1) is 20.4 Å². The fourth-order valence-corrected chi connectivity index (χ4v) is 4.87. The van der Waals surface area contributed by atoms with Crippen molar-refractivity contribution < 1.29 is 9.59 Å². The van der Waals surface area contributed by atoms with Crippen LogP contribution in [0.15, 0.2) is 19.7 Å². The van der Waals surface area contributed by atoms with Crippen molar-refractivity contribution in [3.63, 3.8) is 0 Å². The second-order valence-corrected chi connectivity index (χ2v) is 8.86. The Morgan fingerprint density at radius 3 is 1.62 bits per heavy atom. The van der Waals surface area contributed by atoms with Crippen molar-refractivity contribution in [2.45, 2.75) is 8.68 Å². The molecule has 3 heterocycles. The molecule has 3 rings (SSSR count). The van der Waals surface area contributed by atoms with Crippen molar-refractivity contribution in [2.75, 3.05) is 37.7 Å². The lowest BCUT2D eigenvalue weighted by atomic mass is 10.3. The highest BCUT2D eigenvalue weighted by atomic mass is 32.2. The maximum atomic E-state index is 12.2. The molecule has 0 atom stereocenters. The van der Waals surface area contributed by atoms with Crippen LogP contribution >= 0.6 is 46.2 Å². The van der Waals surface area contributed by atoms with Crippen LogP contribution in [0, 0.1) is 0 Å². The summed E-state index contributed by atoms with van der Waals surface area (Å²) in [5.74, 6) is 0.863. The Balaban J connectivity index is 1.38. The van der Waals surface area contributed by atoms with E-state index in [1.54, 1.807) is 20.8 Å². The zero-order valence-electron chi connectivity index (χ0n) is 12.5. The van der Waals surface area contributed by atoms with E-state index in [0.717, 1.165) is 8.68 Å². The maximum absolute atomic E-state index is 12.2. The summed E-state index contributed by atoms with van der Waals surface area (Å²) < 4.78 is 1.59. The van der Waals surface area contributed by atoms with Crippen LogP contribution in [-0.2, 0) is 9.59 Å². The first-order chi connectivity index (χ1) is 11.7. The third-order valence-electron chi connectivity index (χ3n) is 3.30. The molecule has 0 spiro atoms. The Morgan fingerprint density at radius 2 is 1.29 bits per heavy atom. The molecule has 1 fully saturated rings.